The Kier molecular flexibility index (Phi) is 6.27. The molecule has 1 atom stereocenters. The topological polar surface area (TPSA) is 26.8 Å². The number of hydrogen-bond acceptors (Lipinski definition) is 3. The highest BCUT2D eigenvalue weighted by Crippen LogP contribution is 2.27. The lowest BCUT2D eigenvalue weighted by atomic mass is 9.92. The van der Waals surface area contributed by atoms with Gasteiger partial charge in [-0.15, -0.1) is 0 Å². The van der Waals surface area contributed by atoms with E-state index in [0.29, 0.717) is 18.4 Å². The number of nitrogens with zero attached hydrogens (tertiary/aromatic N) is 3. The van der Waals surface area contributed by atoms with E-state index < -0.39 is 0 Å². The van der Waals surface area contributed by atoms with Gasteiger partial charge in [0.1, 0.15) is 0 Å². The molecular weight excluding hydrogens is 298 g/mol. The Hall–Kier alpha value is -1.39. The molecule has 4 heteroatoms. The van der Waals surface area contributed by atoms with Crippen molar-refractivity contribution in [1.82, 2.24) is 14.7 Å². The van der Waals surface area contributed by atoms with E-state index in [-0.39, 0.29) is 0 Å². The Morgan fingerprint density at radius 3 is 2.62 bits per heavy atom. The maximum atomic E-state index is 12.7. The molecule has 132 valence electrons. The van der Waals surface area contributed by atoms with E-state index in [1.54, 1.807) is 0 Å². The molecule has 4 nitrogen and oxygen atoms in total. The van der Waals surface area contributed by atoms with Crippen molar-refractivity contribution in [3.05, 3.63) is 35.9 Å². The Labute approximate surface area is 146 Å². The molecule has 24 heavy (non-hydrogen) atoms. The van der Waals surface area contributed by atoms with Gasteiger partial charge in [0.05, 0.1) is 6.54 Å². The molecule has 2 aliphatic heterocycles. The van der Waals surface area contributed by atoms with Crippen LogP contribution in [0.2, 0.25) is 0 Å². The second kappa shape index (κ2) is 8.63. The number of amides is 1. The third kappa shape index (κ3) is 4.81. The van der Waals surface area contributed by atoms with Crippen molar-refractivity contribution in [2.45, 2.75) is 31.6 Å². The van der Waals surface area contributed by atoms with Gasteiger partial charge < -0.3 is 9.80 Å². The molecule has 0 saturated carbocycles. The maximum absolute atomic E-state index is 12.7. The number of rotatable bonds is 3. The molecule has 1 amide bonds. The van der Waals surface area contributed by atoms with Crippen LogP contribution in [0.3, 0.4) is 0 Å². The van der Waals surface area contributed by atoms with Crippen LogP contribution in [0.4, 0.5) is 0 Å². The van der Waals surface area contributed by atoms with E-state index in [1.807, 2.05) is 0 Å². The van der Waals surface area contributed by atoms with Crippen LogP contribution in [-0.2, 0) is 4.79 Å². The van der Waals surface area contributed by atoms with Crippen molar-refractivity contribution < 1.29 is 4.79 Å². The predicted molar refractivity (Wildman–Crippen MR) is 98.2 cm³/mol. The number of hydrogen-bond donors (Lipinski definition) is 0. The first-order chi connectivity index (χ1) is 11.7. The van der Waals surface area contributed by atoms with Gasteiger partial charge in [0.2, 0.25) is 5.91 Å². The number of carbonyl (C=O) groups excluding carboxylic acids is 1. The van der Waals surface area contributed by atoms with Crippen molar-refractivity contribution in [3.63, 3.8) is 0 Å². The van der Waals surface area contributed by atoms with Crippen LogP contribution in [-0.4, -0.2) is 73.5 Å². The first kappa shape index (κ1) is 17.4. The second-order valence-electron chi connectivity index (χ2n) is 7.35. The second-order valence-corrected chi connectivity index (χ2v) is 7.35. The largest absolute Gasteiger partial charge is 0.342 e. The van der Waals surface area contributed by atoms with Gasteiger partial charge in [-0.05, 0) is 57.3 Å². The number of benzene rings is 1. The van der Waals surface area contributed by atoms with Gasteiger partial charge in [-0.3, -0.25) is 9.69 Å². The van der Waals surface area contributed by atoms with Crippen molar-refractivity contribution >= 4 is 5.91 Å². The molecule has 0 bridgehead atoms. The summed E-state index contributed by atoms with van der Waals surface area (Å²) in [4.78, 5) is 19.5. The molecule has 3 rings (SSSR count). The molecule has 2 saturated heterocycles. The molecule has 0 aliphatic carbocycles. The van der Waals surface area contributed by atoms with Gasteiger partial charge in [0.25, 0.3) is 0 Å². The van der Waals surface area contributed by atoms with E-state index in [0.717, 1.165) is 52.1 Å². The van der Waals surface area contributed by atoms with E-state index >= 15 is 0 Å². The van der Waals surface area contributed by atoms with E-state index in [4.69, 9.17) is 0 Å². The molecule has 0 N–H and O–H groups in total. The summed E-state index contributed by atoms with van der Waals surface area (Å²) in [5, 5.41) is 0. The summed E-state index contributed by atoms with van der Waals surface area (Å²) in [6, 6.07) is 10.8. The number of likely N-dealkylation sites (tertiary alicyclic amines) is 1. The van der Waals surface area contributed by atoms with Gasteiger partial charge in [-0.2, -0.15) is 0 Å². The monoisotopic (exact) mass is 329 g/mol. The highest BCUT2D eigenvalue weighted by molar-refractivity contribution is 5.78. The van der Waals surface area contributed by atoms with E-state index in [1.165, 1.54) is 18.4 Å². The third-order valence-electron chi connectivity index (χ3n) is 5.52. The Balaban J connectivity index is 1.51. The molecular formula is C20H31N3O. The zero-order valence-corrected chi connectivity index (χ0v) is 15.0. The molecule has 0 spiro atoms. The zero-order chi connectivity index (χ0) is 16.8. The van der Waals surface area contributed by atoms with E-state index in [2.05, 4.69) is 52.1 Å². The first-order valence-electron chi connectivity index (χ1n) is 9.46. The summed E-state index contributed by atoms with van der Waals surface area (Å²) >= 11 is 0. The first-order valence-corrected chi connectivity index (χ1v) is 9.46. The van der Waals surface area contributed by atoms with Crippen molar-refractivity contribution in [3.8, 4) is 0 Å². The molecule has 0 radical (unpaired) electrons. The van der Waals surface area contributed by atoms with Crippen LogP contribution in [0.25, 0.3) is 0 Å². The average molecular weight is 329 g/mol. The van der Waals surface area contributed by atoms with Crippen molar-refractivity contribution in [2.75, 3.05) is 52.9 Å². The fourth-order valence-corrected chi connectivity index (χ4v) is 3.95. The summed E-state index contributed by atoms with van der Waals surface area (Å²) < 4.78 is 0. The van der Waals surface area contributed by atoms with Gasteiger partial charge in [0, 0.05) is 26.2 Å². The van der Waals surface area contributed by atoms with Gasteiger partial charge in [-0.1, -0.05) is 30.3 Å². The summed E-state index contributed by atoms with van der Waals surface area (Å²) in [6.45, 7) is 6.72. The van der Waals surface area contributed by atoms with E-state index in [9.17, 15) is 4.79 Å². The number of carbonyl (C=O) groups is 1. The van der Waals surface area contributed by atoms with Crippen LogP contribution in [0, 0.1) is 0 Å². The third-order valence-corrected chi connectivity index (χ3v) is 5.52. The number of likely N-dealkylation sites (N-methyl/N-ethyl adjacent to an activating group) is 1. The SMILES string of the molecule is CN1CCCN(CC(=O)N2CCC[C@H](c3ccccc3)CC2)CC1. The van der Waals surface area contributed by atoms with Crippen LogP contribution in [0.5, 0.6) is 0 Å². The molecule has 1 aromatic rings. The molecule has 2 heterocycles. The summed E-state index contributed by atoms with van der Waals surface area (Å²) in [5.41, 5.74) is 1.43. The van der Waals surface area contributed by atoms with Crippen LogP contribution < -0.4 is 0 Å². The van der Waals surface area contributed by atoms with Crippen molar-refractivity contribution in [2.24, 2.45) is 0 Å². The molecule has 0 unspecified atom stereocenters. The average Bonchev–Trinajstić information content (AvgIpc) is 2.97. The predicted octanol–water partition coefficient (Wildman–Crippen LogP) is 2.42. The van der Waals surface area contributed by atoms with Gasteiger partial charge in [-0.25, -0.2) is 0 Å². The van der Waals surface area contributed by atoms with Gasteiger partial charge in [0.15, 0.2) is 0 Å². The van der Waals surface area contributed by atoms with Crippen LogP contribution in [0.1, 0.15) is 37.2 Å². The molecule has 1 aromatic carbocycles. The minimum Gasteiger partial charge on any atom is -0.342 e. The van der Waals surface area contributed by atoms with Gasteiger partial charge >= 0.3 is 0 Å². The lowest BCUT2D eigenvalue weighted by molar-refractivity contribution is -0.132. The molecule has 0 aromatic heterocycles. The van der Waals surface area contributed by atoms with Crippen LogP contribution in [0.15, 0.2) is 30.3 Å². The lowest BCUT2D eigenvalue weighted by Gasteiger charge is -2.25. The fraction of sp³-hybridized carbons (Fsp3) is 0.650. The quantitative estimate of drug-likeness (QED) is 0.852. The molecule has 2 aliphatic rings. The highest BCUT2D eigenvalue weighted by Gasteiger charge is 2.23. The fourth-order valence-electron chi connectivity index (χ4n) is 3.95. The normalized spacial score (nSPS) is 24.4. The minimum atomic E-state index is 0.327. The summed E-state index contributed by atoms with van der Waals surface area (Å²) in [7, 11) is 2.17. The lowest BCUT2D eigenvalue weighted by Crippen LogP contribution is -2.42. The van der Waals surface area contributed by atoms with Crippen LogP contribution >= 0.6 is 0 Å². The summed E-state index contributed by atoms with van der Waals surface area (Å²) in [5.74, 6) is 0.934. The minimum absolute atomic E-state index is 0.327. The summed E-state index contributed by atoms with van der Waals surface area (Å²) in [6.07, 6.45) is 4.58. The Bertz CT molecular complexity index is 519. The highest BCUT2D eigenvalue weighted by atomic mass is 16.2. The smallest absolute Gasteiger partial charge is 0.236 e. The Morgan fingerprint density at radius 1 is 0.958 bits per heavy atom. The Morgan fingerprint density at radius 2 is 1.79 bits per heavy atom. The maximum Gasteiger partial charge on any atom is 0.236 e. The molecule has 2 fully saturated rings. The standard InChI is InChI=1S/C20H31N3O/c1-21-11-6-12-22(16-15-21)17-20(24)23-13-5-9-19(10-14-23)18-7-3-2-4-8-18/h2-4,7-8,19H,5-6,9-17H2,1H3/t19-/m0/s1. The zero-order valence-electron chi connectivity index (χ0n) is 15.0. The van der Waals surface area contributed by atoms with Crippen molar-refractivity contribution in [1.29, 1.82) is 0 Å².